The molecule has 124 valence electrons. The van der Waals surface area contributed by atoms with E-state index >= 15 is 0 Å². The lowest BCUT2D eigenvalue weighted by atomic mass is 10.0. The average Bonchev–Trinajstić information content (AvgIpc) is 3.05. The lowest BCUT2D eigenvalue weighted by Gasteiger charge is -2.07. The third kappa shape index (κ3) is 3.01. The molecule has 5 heteroatoms. The number of nitrogens with zero attached hydrogens (tertiary/aromatic N) is 1. The van der Waals surface area contributed by atoms with Gasteiger partial charge in [-0.05, 0) is 47.5 Å². The average molecular weight is 339 g/mol. The Bertz CT molecular complexity index is 1020. The molecule has 25 heavy (non-hydrogen) atoms. The largest absolute Gasteiger partial charge is 0.436 e. The number of rotatable bonds is 2. The van der Waals surface area contributed by atoms with Gasteiger partial charge in [0.2, 0.25) is 5.89 Å². The monoisotopic (exact) mass is 339 g/mol. The Hall–Kier alpha value is -3.08. The smallest absolute Gasteiger partial charge is 0.416 e. The molecular formula is C20H12F3NO. The van der Waals surface area contributed by atoms with Gasteiger partial charge in [-0.2, -0.15) is 13.2 Å². The van der Waals surface area contributed by atoms with E-state index in [1.54, 1.807) is 12.1 Å². The fourth-order valence-electron chi connectivity index (χ4n) is 2.66. The lowest BCUT2D eigenvalue weighted by molar-refractivity contribution is -0.137. The molecule has 2 nitrogen and oxygen atoms in total. The first-order chi connectivity index (χ1) is 12.0. The summed E-state index contributed by atoms with van der Waals surface area (Å²) in [4.78, 5) is 4.45. The van der Waals surface area contributed by atoms with Crippen LogP contribution in [0.25, 0.3) is 33.7 Å². The predicted molar refractivity (Wildman–Crippen MR) is 89.9 cm³/mol. The van der Waals surface area contributed by atoms with E-state index in [2.05, 4.69) is 4.98 Å². The van der Waals surface area contributed by atoms with Crippen molar-refractivity contribution >= 4 is 11.1 Å². The fraction of sp³-hybridized carbons (Fsp3) is 0.0500. The fourth-order valence-corrected chi connectivity index (χ4v) is 2.66. The van der Waals surface area contributed by atoms with Crippen molar-refractivity contribution in [1.82, 2.24) is 4.98 Å². The van der Waals surface area contributed by atoms with E-state index in [1.807, 2.05) is 36.4 Å². The Labute approximate surface area is 141 Å². The van der Waals surface area contributed by atoms with Gasteiger partial charge in [0.1, 0.15) is 5.52 Å². The molecule has 0 radical (unpaired) electrons. The van der Waals surface area contributed by atoms with Gasteiger partial charge in [0.25, 0.3) is 0 Å². The second kappa shape index (κ2) is 5.77. The number of fused-ring (bicyclic) bond motifs is 1. The van der Waals surface area contributed by atoms with Crippen LogP contribution < -0.4 is 0 Å². The molecule has 0 bridgehead atoms. The number of hydrogen-bond acceptors (Lipinski definition) is 2. The van der Waals surface area contributed by atoms with Crippen molar-refractivity contribution in [2.75, 3.05) is 0 Å². The minimum absolute atomic E-state index is 0.514. The summed E-state index contributed by atoms with van der Waals surface area (Å²) < 4.78 is 43.8. The highest BCUT2D eigenvalue weighted by Gasteiger charge is 2.29. The molecule has 0 unspecified atom stereocenters. The highest BCUT2D eigenvalue weighted by molar-refractivity contribution is 5.82. The molecule has 0 aliphatic rings. The summed E-state index contributed by atoms with van der Waals surface area (Å²) >= 11 is 0. The van der Waals surface area contributed by atoms with Crippen molar-refractivity contribution in [1.29, 1.82) is 0 Å². The maximum Gasteiger partial charge on any atom is 0.416 e. The summed E-state index contributed by atoms with van der Waals surface area (Å²) in [5.74, 6) is 0.514. The van der Waals surface area contributed by atoms with Crippen LogP contribution in [0.4, 0.5) is 13.2 Å². The van der Waals surface area contributed by atoms with Crippen molar-refractivity contribution in [3.63, 3.8) is 0 Å². The molecule has 0 spiro atoms. The van der Waals surface area contributed by atoms with Gasteiger partial charge in [-0.1, -0.05) is 36.4 Å². The number of aromatic nitrogens is 1. The number of oxazole rings is 1. The van der Waals surface area contributed by atoms with E-state index in [9.17, 15) is 13.2 Å². The molecular weight excluding hydrogens is 327 g/mol. The van der Waals surface area contributed by atoms with Crippen LogP contribution in [0.5, 0.6) is 0 Å². The standard InChI is InChI=1S/C20H12F3NO/c21-20(22,23)16-9-6-13(7-10-16)15-8-11-17-18(12-15)25-19(24-17)14-4-2-1-3-5-14/h1-12H. The second-order valence-electron chi connectivity index (χ2n) is 5.64. The summed E-state index contributed by atoms with van der Waals surface area (Å²) in [5, 5.41) is 0. The van der Waals surface area contributed by atoms with Crippen LogP contribution >= 0.6 is 0 Å². The zero-order valence-corrected chi connectivity index (χ0v) is 12.9. The molecule has 0 fully saturated rings. The molecule has 1 aromatic heterocycles. The number of hydrogen-bond donors (Lipinski definition) is 0. The highest BCUT2D eigenvalue weighted by Crippen LogP contribution is 2.32. The highest BCUT2D eigenvalue weighted by atomic mass is 19.4. The summed E-state index contributed by atoms with van der Waals surface area (Å²) in [6, 6.07) is 20.0. The number of benzene rings is 3. The van der Waals surface area contributed by atoms with Crippen molar-refractivity contribution in [2.24, 2.45) is 0 Å². The van der Waals surface area contributed by atoms with Gasteiger partial charge in [0.05, 0.1) is 5.56 Å². The zero-order valence-electron chi connectivity index (χ0n) is 12.9. The van der Waals surface area contributed by atoms with E-state index in [0.717, 1.165) is 23.3 Å². The van der Waals surface area contributed by atoms with Gasteiger partial charge < -0.3 is 4.42 Å². The number of alkyl halides is 3. The Morgan fingerprint density at radius 2 is 1.40 bits per heavy atom. The van der Waals surface area contributed by atoms with E-state index in [1.165, 1.54) is 12.1 Å². The van der Waals surface area contributed by atoms with Gasteiger partial charge in [0, 0.05) is 5.56 Å². The maximum absolute atomic E-state index is 12.7. The van der Waals surface area contributed by atoms with Crippen LogP contribution in [0, 0.1) is 0 Å². The molecule has 0 saturated carbocycles. The molecule has 4 rings (SSSR count). The van der Waals surface area contributed by atoms with Gasteiger partial charge in [0.15, 0.2) is 5.58 Å². The molecule has 0 amide bonds. The van der Waals surface area contributed by atoms with E-state index in [-0.39, 0.29) is 0 Å². The molecule has 0 N–H and O–H groups in total. The second-order valence-corrected chi connectivity index (χ2v) is 5.64. The van der Waals surface area contributed by atoms with Crippen molar-refractivity contribution < 1.29 is 17.6 Å². The lowest BCUT2D eigenvalue weighted by Crippen LogP contribution is -2.03. The van der Waals surface area contributed by atoms with Crippen molar-refractivity contribution in [3.05, 3.63) is 78.4 Å². The van der Waals surface area contributed by atoms with Gasteiger partial charge in [-0.3, -0.25) is 0 Å². The van der Waals surface area contributed by atoms with Crippen LogP contribution in [0.1, 0.15) is 5.56 Å². The van der Waals surface area contributed by atoms with Crippen LogP contribution in [0.2, 0.25) is 0 Å². The van der Waals surface area contributed by atoms with Gasteiger partial charge in [-0.15, -0.1) is 0 Å². The first kappa shape index (κ1) is 15.4. The third-order valence-electron chi connectivity index (χ3n) is 3.95. The summed E-state index contributed by atoms with van der Waals surface area (Å²) in [7, 11) is 0. The molecule has 0 aliphatic carbocycles. The van der Waals surface area contributed by atoms with E-state index < -0.39 is 11.7 Å². The Balaban J connectivity index is 1.72. The Kier molecular flexibility index (Phi) is 3.57. The SMILES string of the molecule is FC(F)(F)c1ccc(-c2ccc3nc(-c4ccccc4)oc3c2)cc1. The molecule has 4 aromatic rings. The summed E-state index contributed by atoms with van der Waals surface area (Å²) in [6.07, 6.45) is -4.34. The first-order valence-electron chi connectivity index (χ1n) is 7.64. The van der Waals surface area contributed by atoms with Gasteiger partial charge >= 0.3 is 6.18 Å². The molecule has 0 aliphatic heterocycles. The topological polar surface area (TPSA) is 26.0 Å². The summed E-state index contributed by atoms with van der Waals surface area (Å²) in [6.45, 7) is 0. The van der Waals surface area contributed by atoms with E-state index in [0.29, 0.717) is 22.6 Å². The van der Waals surface area contributed by atoms with Crippen LogP contribution in [-0.2, 0) is 6.18 Å². The molecule has 0 saturated heterocycles. The third-order valence-corrected chi connectivity index (χ3v) is 3.95. The zero-order chi connectivity index (χ0) is 17.4. The Morgan fingerprint density at radius 1 is 0.720 bits per heavy atom. The van der Waals surface area contributed by atoms with Crippen molar-refractivity contribution in [3.8, 4) is 22.6 Å². The minimum Gasteiger partial charge on any atom is -0.436 e. The van der Waals surface area contributed by atoms with Crippen molar-refractivity contribution in [2.45, 2.75) is 6.18 Å². The molecule has 0 atom stereocenters. The first-order valence-corrected chi connectivity index (χ1v) is 7.64. The summed E-state index contributed by atoms with van der Waals surface area (Å²) in [5.41, 5.74) is 2.97. The quantitative estimate of drug-likeness (QED) is 0.436. The van der Waals surface area contributed by atoms with Crippen LogP contribution in [0.3, 0.4) is 0 Å². The Morgan fingerprint density at radius 3 is 2.08 bits per heavy atom. The van der Waals surface area contributed by atoms with Crippen LogP contribution in [-0.4, -0.2) is 4.98 Å². The normalized spacial score (nSPS) is 11.8. The van der Waals surface area contributed by atoms with E-state index in [4.69, 9.17) is 4.42 Å². The number of halogens is 3. The minimum atomic E-state index is -4.34. The maximum atomic E-state index is 12.7. The molecule has 1 heterocycles. The van der Waals surface area contributed by atoms with Crippen LogP contribution in [0.15, 0.2) is 77.2 Å². The molecule has 3 aromatic carbocycles. The van der Waals surface area contributed by atoms with Gasteiger partial charge in [-0.25, -0.2) is 4.98 Å². The predicted octanol–water partition coefficient (Wildman–Crippen LogP) is 6.18.